The Labute approximate surface area is 179 Å². The van der Waals surface area contributed by atoms with Crippen LogP contribution in [0.4, 0.5) is 0 Å². The first-order valence-electron chi connectivity index (χ1n) is 10.6. The summed E-state index contributed by atoms with van der Waals surface area (Å²) in [5.41, 5.74) is 3.57. The molecule has 2 N–H and O–H groups in total. The fourth-order valence-corrected chi connectivity index (χ4v) is 3.38. The zero-order valence-corrected chi connectivity index (χ0v) is 18.2. The minimum absolute atomic E-state index is 0.485. The van der Waals surface area contributed by atoms with Crippen LogP contribution >= 0.6 is 0 Å². The molecule has 6 nitrogen and oxygen atoms in total. The number of aliphatic imine (C=N–C) groups is 1. The van der Waals surface area contributed by atoms with Gasteiger partial charge in [0.15, 0.2) is 5.96 Å². The molecule has 162 valence electrons. The number of methoxy groups -OCH3 is 1. The van der Waals surface area contributed by atoms with Crippen molar-refractivity contribution in [2.75, 3.05) is 40.5 Å². The third-order valence-electron chi connectivity index (χ3n) is 5.26. The Kier molecular flexibility index (Phi) is 8.39. The molecule has 2 aromatic rings. The van der Waals surface area contributed by atoms with Gasteiger partial charge in [0.1, 0.15) is 11.5 Å². The molecule has 3 rings (SSSR count). The topological polar surface area (TPSA) is 64.1 Å². The maximum atomic E-state index is 6.14. The highest BCUT2D eigenvalue weighted by molar-refractivity contribution is 5.79. The molecule has 1 saturated heterocycles. The largest absolute Gasteiger partial charge is 0.497 e. The summed E-state index contributed by atoms with van der Waals surface area (Å²) < 4.78 is 16.8. The molecule has 1 aliphatic rings. The number of aryl methyl sites for hydroxylation is 1. The van der Waals surface area contributed by atoms with Crippen LogP contribution < -0.4 is 20.1 Å². The Morgan fingerprint density at radius 1 is 1.17 bits per heavy atom. The van der Waals surface area contributed by atoms with Crippen LogP contribution in [-0.2, 0) is 17.7 Å². The fourth-order valence-electron chi connectivity index (χ4n) is 3.38. The summed E-state index contributed by atoms with van der Waals surface area (Å²) in [7, 11) is 3.47. The van der Waals surface area contributed by atoms with Gasteiger partial charge in [-0.3, -0.25) is 4.99 Å². The standard InChI is InChI=1S/C24H33N3O3/c1-18-4-7-21(23(14-18)30-17-20-11-13-29-16-20)15-27-24(25-2)26-12-10-19-5-8-22(28-3)9-6-19/h4-9,14,20H,10-13,15-17H2,1-3H3,(H2,25,26,27). The van der Waals surface area contributed by atoms with Gasteiger partial charge >= 0.3 is 0 Å². The first kappa shape index (κ1) is 22.0. The Balaban J connectivity index is 1.48. The minimum Gasteiger partial charge on any atom is -0.497 e. The minimum atomic E-state index is 0.485. The quantitative estimate of drug-likeness (QED) is 0.490. The summed E-state index contributed by atoms with van der Waals surface area (Å²) in [4.78, 5) is 4.33. The lowest BCUT2D eigenvalue weighted by molar-refractivity contribution is 0.166. The van der Waals surface area contributed by atoms with Crippen molar-refractivity contribution in [2.45, 2.75) is 26.3 Å². The lowest BCUT2D eigenvalue weighted by Gasteiger charge is -2.17. The van der Waals surface area contributed by atoms with Gasteiger partial charge in [0.25, 0.3) is 0 Å². The number of guanidine groups is 1. The number of hydrogen-bond donors (Lipinski definition) is 2. The van der Waals surface area contributed by atoms with Crippen LogP contribution in [0, 0.1) is 12.8 Å². The van der Waals surface area contributed by atoms with Gasteiger partial charge in [-0.05, 0) is 49.1 Å². The summed E-state index contributed by atoms with van der Waals surface area (Å²) >= 11 is 0. The molecule has 30 heavy (non-hydrogen) atoms. The van der Waals surface area contributed by atoms with E-state index in [1.807, 2.05) is 12.1 Å². The third-order valence-corrected chi connectivity index (χ3v) is 5.26. The van der Waals surface area contributed by atoms with Crippen LogP contribution in [0.5, 0.6) is 11.5 Å². The van der Waals surface area contributed by atoms with Gasteiger partial charge < -0.3 is 24.8 Å². The maximum Gasteiger partial charge on any atom is 0.191 e. The molecule has 0 amide bonds. The Morgan fingerprint density at radius 2 is 2.00 bits per heavy atom. The molecule has 1 atom stereocenters. The number of ether oxygens (including phenoxy) is 3. The molecule has 0 aliphatic carbocycles. The number of hydrogen-bond acceptors (Lipinski definition) is 4. The Bertz CT molecular complexity index is 815. The van der Waals surface area contributed by atoms with E-state index in [-0.39, 0.29) is 0 Å². The molecule has 6 heteroatoms. The second-order valence-electron chi connectivity index (χ2n) is 7.60. The van der Waals surface area contributed by atoms with Crippen LogP contribution in [0.1, 0.15) is 23.1 Å². The zero-order chi connectivity index (χ0) is 21.2. The van der Waals surface area contributed by atoms with Crippen LogP contribution in [0.2, 0.25) is 0 Å². The summed E-state index contributed by atoms with van der Waals surface area (Å²) in [5, 5.41) is 6.77. The van der Waals surface area contributed by atoms with Crippen molar-refractivity contribution in [3.05, 3.63) is 59.2 Å². The molecule has 1 unspecified atom stereocenters. The molecule has 1 aliphatic heterocycles. The normalized spacial score (nSPS) is 16.4. The Hall–Kier alpha value is -2.73. The predicted octanol–water partition coefficient (Wildman–Crippen LogP) is 3.33. The van der Waals surface area contributed by atoms with Gasteiger partial charge in [-0.1, -0.05) is 24.3 Å². The first-order valence-corrected chi connectivity index (χ1v) is 10.6. The molecule has 1 fully saturated rings. The molecular formula is C24H33N3O3. The van der Waals surface area contributed by atoms with Gasteiger partial charge in [-0.2, -0.15) is 0 Å². The highest BCUT2D eigenvalue weighted by Crippen LogP contribution is 2.22. The van der Waals surface area contributed by atoms with Crippen LogP contribution in [0.25, 0.3) is 0 Å². The van der Waals surface area contributed by atoms with Gasteiger partial charge in [-0.15, -0.1) is 0 Å². The molecule has 2 aromatic carbocycles. The summed E-state index contributed by atoms with van der Waals surface area (Å²) in [5.74, 6) is 3.07. The molecule has 0 radical (unpaired) electrons. The van der Waals surface area contributed by atoms with E-state index in [2.05, 4.69) is 52.9 Å². The Morgan fingerprint density at radius 3 is 2.70 bits per heavy atom. The van der Waals surface area contributed by atoms with Crippen LogP contribution in [0.3, 0.4) is 0 Å². The second kappa shape index (κ2) is 11.5. The number of rotatable bonds is 9. The van der Waals surface area contributed by atoms with Crippen LogP contribution in [-0.4, -0.2) is 46.5 Å². The van der Waals surface area contributed by atoms with E-state index < -0.39 is 0 Å². The molecule has 0 aromatic heterocycles. The van der Waals surface area contributed by atoms with E-state index >= 15 is 0 Å². The highest BCUT2D eigenvalue weighted by atomic mass is 16.5. The number of nitrogens with one attached hydrogen (secondary N) is 2. The molecule has 0 bridgehead atoms. The van der Waals surface area contributed by atoms with E-state index in [0.717, 1.165) is 55.6 Å². The molecule has 1 heterocycles. The van der Waals surface area contributed by atoms with Crippen molar-refractivity contribution in [2.24, 2.45) is 10.9 Å². The van der Waals surface area contributed by atoms with Crippen molar-refractivity contribution in [3.63, 3.8) is 0 Å². The van der Waals surface area contributed by atoms with Crippen molar-refractivity contribution >= 4 is 5.96 Å². The van der Waals surface area contributed by atoms with E-state index in [1.165, 1.54) is 11.1 Å². The van der Waals surface area contributed by atoms with Crippen molar-refractivity contribution in [1.29, 1.82) is 0 Å². The lowest BCUT2D eigenvalue weighted by atomic mass is 10.1. The van der Waals surface area contributed by atoms with Gasteiger partial charge in [0, 0.05) is 38.2 Å². The first-order chi connectivity index (χ1) is 14.7. The summed E-state index contributed by atoms with van der Waals surface area (Å²) in [6, 6.07) is 14.5. The zero-order valence-electron chi connectivity index (χ0n) is 18.2. The lowest BCUT2D eigenvalue weighted by Crippen LogP contribution is -2.38. The van der Waals surface area contributed by atoms with E-state index in [0.29, 0.717) is 19.1 Å². The van der Waals surface area contributed by atoms with Crippen LogP contribution in [0.15, 0.2) is 47.5 Å². The SMILES string of the molecule is CN=C(NCCc1ccc(OC)cc1)NCc1ccc(C)cc1OCC1CCOC1. The van der Waals surface area contributed by atoms with E-state index in [9.17, 15) is 0 Å². The smallest absolute Gasteiger partial charge is 0.191 e. The summed E-state index contributed by atoms with van der Waals surface area (Å²) in [6.07, 6.45) is 1.98. The molecular weight excluding hydrogens is 378 g/mol. The average Bonchev–Trinajstić information content (AvgIpc) is 3.29. The highest BCUT2D eigenvalue weighted by Gasteiger charge is 2.17. The summed E-state index contributed by atoms with van der Waals surface area (Å²) in [6.45, 7) is 5.87. The third kappa shape index (κ3) is 6.66. The van der Waals surface area contributed by atoms with Crippen molar-refractivity contribution in [1.82, 2.24) is 10.6 Å². The molecule has 0 saturated carbocycles. The monoisotopic (exact) mass is 411 g/mol. The van der Waals surface area contributed by atoms with Crippen molar-refractivity contribution < 1.29 is 14.2 Å². The van der Waals surface area contributed by atoms with Crippen molar-refractivity contribution in [3.8, 4) is 11.5 Å². The number of benzene rings is 2. The predicted molar refractivity (Wildman–Crippen MR) is 120 cm³/mol. The van der Waals surface area contributed by atoms with Gasteiger partial charge in [0.2, 0.25) is 0 Å². The second-order valence-corrected chi connectivity index (χ2v) is 7.60. The molecule has 0 spiro atoms. The number of nitrogens with zero attached hydrogens (tertiary/aromatic N) is 1. The van der Waals surface area contributed by atoms with Gasteiger partial charge in [0.05, 0.1) is 20.3 Å². The van der Waals surface area contributed by atoms with E-state index in [4.69, 9.17) is 14.2 Å². The fraction of sp³-hybridized carbons (Fsp3) is 0.458. The maximum absolute atomic E-state index is 6.14. The average molecular weight is 412 g/mol. The van der Waals surface area contributed by atoms with Gasteiger partial charge in [-0.25, -0.2) is 0 Å². The van der Waals surface area contributed by atoms with E-state index in [1.54, 1.807) is 14.2 Å².